The first-order chi connectivity index (χ1) is 12.4. The maximum absolute atomic E-state index is 12.5. The third kappa shape index (κ3) is 3.38. The lowest BCUT2D eigenvalue weighted by Gasteiger charge is -2.05. The molecule has 0 aliphatic rings. The maximum atomic E-state index is 12.5. The van der Waals surface area contributed by atoms with Crippen molar-refractivity contribution >= 4 is 44.2 Å². The van der Waals surface area contributed by atoms with Crippen LogP contribution in [0.2, 0.25) is 0 Å². The highest BCUT2D eigenvalue weighted by molar-refractivity contribution is 7.22. The van der Waals surface area contributed by atoms with E-state index in [9.17, 15) is 19.7 Å². The lowest BCUT2D eigenvalue weighted by Crippen LogP contribution is -2.13. The fraction of sp³-hybridized carbons (Fsp3) is 0.118. The monoisotopic (exact) mass is 371 g/mol. The van der Waals surface area contributed by atoms with Crippen molar-refractivity contribution in [1.82, 2.24) is 4.98 Å². The summed E-state index contributed by atoms with van der Waals surface area (Å²) in [5.41, 5.74) is 1.27. The Kier molecular flexibility index (Phi) is 4.63. The van der Waals surface area contributed by atoms with Gasteiger partial charge in [-0.15, -0.1) is 0 Å². The molecule has 0 aliphatic carbocycles. The number of carbonyl (C=O) groups excluding carboxylic acids is 2. The molecule has 0 radical (unpaired) electrons. The van der Waals surface area contributed by atoms with Gasteiger partial charge in [0.2, 0.25) is 0 Å². The Bertz CT molecular complexity index is 1040. The number of amides is 1. The molecule has 8 nitrogen and oxygen atoms in total. The summed E-state index contributed by atoms with van der Waals surface area (Å²) in [5.74, 6) is -1.37. The van der Waals surface area contributed by atoms with Crippen LogP contribution in [-0.2, 0) is 4.74 Å². The van der Waals surface area contributed by atoms with Gasteiger partial charge in [-0.3, -0.25) is 20.2 Å². The highest BCUT2D eigenvalue weighted by Gasteiger charge is 2.19. The van der Waals surface area contributed by atoms with E-state index in [2.05, 4.69) is 15.0 Å². The second-order valence-electron chi connectivity index (χ2n) is 5.41. The molecule has 3 rings (SSSR count). The minimum absolute atomic E-state index is 0.0319. The summed E-state index contributed by atoms with van der Waals surface area (Å²) in [6, 6.07) is 9.09. The van der Waals surface area contributed by atoms with E-state index in [-0.39, 0.29) is 16.8 Å². The van der Waals surface area contributed by atoms with Crippen LogP contribution in [0, 0.1) is 17.0 Å². The van der Waals surface area contributed by atoms with Gasteiger partial charge in [0.1, 0.15) is 0 Å². The number of nitrogens with zero attached hydrogens (tertiary/aromatic N) is 2. The lowest BCUT2D eigenvalue weighted by atomic mass is 10.1. The second-order valence-corrected chi connectivity index (χ2v) is 6.44. The van der Waals surface area contributed by atoms with Crippen molar-refractivity contribution in [2.24, 2.45) is 0 Å². The number of aryl methyl sites for hydroxylation is 1. The van der Waals surface area contributed by atoms with Crippen LogP contribution >= 0.6 is 11.3 Å². The van der Waals surface area contributed by atoms with Gasteiger partial charge in [0.25, 0.3) is 11.6 Å². The van der Waals surface area contributed by atoms with Crippen molar-refractivity contribution in [3.05, 3.63) is 63.2 Å². The zero-order chi connectivity index (χ0) is 18.8. The molecule has 2 aromatic carbocycles. The number of nitro groups is 1. The smallest absolute Gasteiger partial charge is 0.338 e. The molecule has 0 fully saturated rings. The molecule has 0 bridgehead atoms. The number of nitro benzene ring substituents is 1. The highest BCUT2D eigenvalue weighted by Crippen LogP contribution is 2.28. The van der Waals surface area contributed by atoms with Crippen molar-refractivity contribution in [3.8, 4) is 0 Å². The number of hydrogen-bond acceptors (Lipinski definition) is 7. The molecule has 1 aromatic heterocycles. The van der Waals surface area contributed by atoms with Crippen molar-refractivity contribution in [3.63, 3.8) is 0 Å². The SMILES string of the molecule is COC(=O)c1cc(C(=O)Nc2nc3c(C)cccc3s2)cc([N+](=O)[O-])c1. The van der Waals surface area contributed by atoms with Gasteiger partial charge in [0, 0.05) is 17.7 Å². The highest BCUT2D eigenvalue weighted by atomic mass is 32.1. The molecule has 132 valence electrons. The Hall–Kier alpha value is -3.33. The molecule has 0 unspecified atom stereocenters. The number of anilines is 1. The largest absolute Gasteiger partial charge is 0.465 e. The number of thiazole rings is 1. The summed E-state index contributed by atoms with van der Waals surface area (Å²) in [7, 11) is 1.16. The molecule has 1 amide bonds. The van der Waals surface area contributed by atoms with E-state index in [1.165, 1.54) is 17.4 Å². The van der Waals surface area contributed by atoms with Crippen LogP contribution in [-0.4, -0.2) is 28.9 Å². The summed E-state index contributed by atoms with van der Waals surface area (Å²) in [5, 5.41) is 14.0. The van der Waals surface area contributed by atoms with Crippen LogP contribution in [0.25, 0.3) is 10.2 Å². The van der Waals surface area contributed by atoms with Gasteiger partial charge in [-0.05, 0) is 24.6 Å². The maximum Gasteiger partial charge on any atom is 0.338 e. The Morgan fingerprint density at radius 1 is 1.23 bits per heavy atom. The van der Waals surface area contributed by atoms with Crippen molar-refractivity contribution < 1.29 is 19.2 Å². The first-order valence-corrected chi connectivity index (χ1v) is 8.26. The van der Waals surface area contributed by atoms with Crippen LogP contribution in [0.3, 0.4) is 0 Å². The van der Waals surface area contributed by atoms with Gasteiger partial charge >= 0.3 is 5.97 Å². The van der Waals surface area contributed by atoms with Crippen molar-refractivity contribution in [2.75, 3.05) is 12.4 Å². The van der Waals surface area contributed by atoms with E-state index in [0.717, 1.165) is 35.0 Å². The standard InChI is InChI=1S/C17H13N3O5S/c1-9-4-3-5-13-14(9)18-17(26-13)19-15(21)10-6-11(16(22)25-2)8-12(7-10)20(23)24/h3-8H,1-2H3,(H,18,19,21). The molecule has 0 aliphatic heterocycles. The number of aromatic nitrogens is 1. The zero-order valence-corrected chi connectivity index (χ0v) is 14.6. The molecule has 9 heteroatoms. The summed E-state index contributed by atoms with van der Waals surface area (Å²) in [6.07, 6.45) is 0. The van der Waals surface area contributed by atoms with Gasteiger partial charge in [-0.25, -0.2) is 9.78 Å². The predicted molar refractivity (Wildman–Crippen MR) is 96.7 cm³/mol. The fourth-order valence-corrected chi connectivity index (χ4v) is 3.33. The molecular weight excluding hydrogens is 358 g/mol. The average molecular weight is 371 g/mol. The Labute approximate surface area is 151 Å². The number of hydrogen-bond donors (Lipinski definition) is 1. The van der Waals surface area contributed by atoms with Crippen LogP contribution in [0.4, 0.5) is 10.8 Å². The van der Waals surface area contributed by atoms with Gasteiger partial charge < -0.3 is 4.74 Å². The number of carbonyl (C=O) groups is 2. The van der Waals surface area contributed by atoms with Crippen LogP contribution < -0.4 is 5.32 Å². The number of ether oxygens (including phenoxy) is 1. The molecule has 0 atom stereocenters. The number of para-hydroxylation sites is 1. The van der Waals surface area contributed by atoms with Crippen molar-refractivity contribution in [1.29, 1.82) is 0 Å². The van der Waals surface area contributed by atoms with Gasteiger partial charge in [0.15, 0.2) is 5.13 Å². The first-order valence-electron chi connectivity index (χ1n) is 7.44. The molecule has 1 heterocycles. The molecule has 0 spiro atoms. The third-order valence-electron chi connectivity index (χ3n) is 3.65. The number of rotatable bonds is 4. The summed E-state index contributed by atoms with van der Waals surface area (Å²) < 4.78 is 5.49. The topological polar surface area (TPSA) is 111 Å². The molecule has 0 saturated carbocycles. The van der Waals surface area contributed by atoms with Crippen molar-refractivity contribution in [2.45, 2.75) is 6.92 Å². The first kappa shape index (κ1) is 17.5. The molecule has 3 aromatic rings. The number of non-ortho nitro benzene ring substituents is 1. The Morgan fingerprint density at radius 3 is 2.62 bits per heavy atom. The minimum atomic E-state index is -0.765. The second kappa shape index (κ2) is 6.89. The fourth-order valence-electron chi connectivity index (χ4n) is 2.39. The summed E-state index contributed by atoms with van der Waals surface area (Å²) in [4.78, 5) is 38.9. The molecule has 0 saturated heterocycles. The van der Waals surface area contributed by atoms with Crippen LogP contribution in [0.15, 0.2) is 36.4 Å². The normalized spacial score (nSPS) is 10.5. The minimum Gasteiger partial charge on any atom is -0.465 e. The number of nitrogens with one attached hydrogen (secondary N) is 1. The van der Waals surface area contributed by atoms with Gasteiger partial charge in [-0.2, -0.15) is 0 Å². The number of fused-ring (bicyclic) bond motifs is 1. The number of methoxy groups -OCH3 is 1. The van der Waals surface area contributed by atoms with E-state index in [4.69, 9.17) is 0 Å². The Balaban J connectivity index is 1.95. The quantitative estimate of drug-likeness (QED) is 0.426. The lowest BCUT2D eigenvalue weighted by molar-refractivity contribution is -0.384. The van der Waals surface area contributed by atoms with Gasteiger partial charge in [-0.1, -0.05) is 23.5 Å². The third-order valence-corrected chi connectivity index (χ3v) is 4.59. The van der Waals surface area contributed by atoms with E-state index in [1.54, 1.807) is 0 Å². The summed E-state index contributed by atoms with van der Waals surface area (Å²) >= 11 is 1.29. The van der Waals surface area contributed by atoms with E-state index in [0.29, 0.717) is 5.13 Å². The predicted octanol–water partition coefficient (Wildman–Crippen LogP) is 3.55. The van der Waals surface area contributed by atoms with E-state index in [1.807, 2.05) is 25.1 Å². The molecule has 26 heavy (non-hydrogen) atoms. The van der Waals surface area contributed by atoms with E-state index < -0.39 is 16.8 Å². The number of benzene rings is 2. The molecule has 1 N–H and O–H groups in total. The van der Waals surface area contributed by atoms with E-state index >= 15 is 0 Å². The number of esters is 1. The Morgan fingerprint density at radius 2 is 1.96 bits per heavy atom. The average Bonchev–Trinajstić information content (AvgIpc) is 3.04. The van der Waals surface area contributed by atoms with Crippen LogP contribution in [0.5, 0.6) is 0 Å². The molecular formula is C17H13N3O5S. The zero-order valence-electron chi connectivity index (χ0n) is 13.8. The van der Waals surface area contributed by atoms with Crippen LogP contribution in [0.1, 0.15) is 26.3 Å². The van der Waals surface area contributed by atoms with Gasteiger partial charge in [0.05, 0.1) is 27.8 Å². The summed E-state index contributed by atoms with van der Waals surface area (Å²) in [6.45, 7) is 1.91.